The van der Waals surface area contributed by atoms with Gasteiger partial charge in [0.15, 0.2) is 0 Å². The summed E-state index contributed by atoms with van der Waals surface area (Å²) in [5.74, 6) is 0. The summed E-state index contributed by atoms with van der Waals surface area (Å²) in [6, 6.07) is 0. The largest absolute Gasteiger partial charge is 0.379 e. The fraction of sp³-hybridized carbons (Fsp3) is 1.00. The van der Waals surface area contributed by atoms with Crippen LogP contribution in [0.25, 0.3) is 0 Å². The van der Waals surface area contributed by atoms with E-state index in [-0.39, 0.29) is 29.4 Å². The van der Waals surface area contributed by atoms with Gasteiger partial charge in [0.2, 0.25) is 0 Å². The molecule has 1 fully saturated rings. The molecule has 0 radical (unpaired) electrons. The molecule has 1 heterocycles. The van der Waals surface area contributed by atoms with Crippen LogP contribution in [0.3, 0.4) is 0 Å². The topological polar surface area (TPSA) is 46.2 Å². The number of ether oxygens (including phenoxy) is 5. The number of halogens is 1. The summed E-state index contributed by atoms with van der Waals surface area (Å²) in [7, 11) is 0. The third kappa shape index (κ3) is 9.86. The fourth-order valence-electron chi connectivity index (χ4n) is 3.10. The van der Waals surface area contributed by atoms with Gasteiger partial charge < -0.3 is 23.7 Å². The molecule has 6 heteroatoms. The summed E-state index contributed by atoms with van der Waals surface area (Å²) in [5, 5.41) is -0.221. The Morgan fingerprint density at radius 1 is 0.643 bits per heavy atom. The molecule has 0 amide bonds. The van der Waals surface area contributed by atoms with Crippen LogP contribution in [0.1, 0.15) is 79.1 Å². The van der Waals surface area contributed by atoms with Crippen LogP contribution in [-0.2, 0) is 23.7 Å². The van der Waals surface area contributed by atoms with Crippen LogP contribution in [-0.4, -0.2) is 62.5 Å². The zero-order valence-electron chi connectivity index (χ0n) is 18.5. The minimum absolute atomic E-state index is 0.154. The second-order valence-electron chi connectivity index (χ2n) is 7.52. The fourth-order valence-corrected chi connectivity index (χ4v) is 3.83. The second kappa shape index (κ2) is 17.0. The summed E-state index contributed by atoms with van der Waals surface area (Å²) in [4.78, 5) is 0. The first-order valence-electron chi connectivity index (χ1n) is 11.4. The Morgan fingerprint density at radius 2 is 1.11 bits per heavy atom. The smallest absolute Gasteiger partial charge is 0.141 e. The van der Waals surface area contributed by atoms with E-state index >= 15 is 0 Å². The molecule has 28 heavy (non-hydrogen) atoms. The Kier molecular flexibility index (Phi) is 16.0. The molecule has 0 bridgehead atoms. The predicted octanol–water partition coefficient (Wildman–Crippen LogP) is 5.48. The highest BCUT2D eigenvalue weighted by Gasteiger charge is 2.47. The van der Waals surface area contributed by atoms with E-state index in [1.807, 2.05) is 0 Å². The highest BCUT2D eigenvalue weighted by Crippen LogP contribution is 2.32. The Labute approximate surface area is 181 Å². The average molecular weight is 467 g/mol. The average Bonchev–Trinajstić information content (AvgIpc) is 2.69. The van der Waals surface area contributed by atoms with Gasteiger partial charge in [-0.1, -0.05) is 69.3 Å². The molecule has 1 rings (SSSR count). The van der Waals surface area contributed by atoms with Gasteiger partial charge in [-0.2, -0.15) is 0 Å². The molecule has 0 aromatic heterocycles. The molecule has 5 nitrogen and oxygen atoms in total. The van der Waals surface area contributed by atoms with Crippen LogP contribution in [0.15, 0.2) is 0 Å². The first-order chi connectivity index (χ1) is 13.7. The maximum atomic E-state index is 6.32. The van der Waals surface area contributed by atoms with Crippen molar-refractivity contribution in [1.29, 1.82) is 0 Å². The lowest BCUT2D eigenvalue weighted by atomic mass is 9.99. The predicted molar refractivity (Wildman–Crippen MR) is 117 cm³/mol. The van der Waals surface area contributed by atoms with Gasteiger partial charge in [-0.25, -0.2) is 0 Å². The molecular formula is C22H43BrO5. The molecule has 1 aliphatic rings. The first-order valence-corrected chi connectivity index (χ1v) is 12.3. The van der Waals surface area contributed by atoms with E-state index in [1.165, 1.54) is 0 Å². The number of hydrogen-bond acceptors (Lipinski definition) is 5. The lowest BCUT2D eigenvalue weighted by Crippen LogP contribution is -2.60. The minimum Gasteiger partial charge on any atom is -0.379 e. The van der Waals surface area contributed by atoms with Crippen molar-refractivity contribution in [1.82, 2.24) is 0 Å². The van der Waals surface area contributed by atoms with Crippen molar-refractivity contribution in [3.8, 4) is 0 Å². The molecule has 1 aliphatic heterocycles. The molecule has 1 saturated heterocycles. The Balaban J connectivity index is 2.84. The van der Waals surface area contributed by atoms with Gasteiger partial charge >= 0.3 is 0 Å². The Bertz CT molecular complexity index is 358. The molecule has 0 aromatic rings. The quantitative estimate of drug-likeness (QED) is 0.209. The van der Waals surface area contributed by atoms with Crippen LogP contribution in [0, 0.1) is 0 Å². The van der Waals surface area contributed by atoms with Gasteiger partial charge in [0.25, 0.3) is 0 Å². The van der Waals surface area contributed by atoms with Crippen molar-refractivity contribution in [3.63, 3.8) is 0 Å². The highest BCUT2D eigenvalue weighted by atomic mass is 79.9. The Hall–Kier alpha value is 0.280. The van der Waals surface area contributed by atoms with E-state index in [0.29, 0.717) is 26.4 Å². The van der Waals surface area contributed by atoms with Crippen LogP contribution in [0.4, 0.5) is 0 Å². The van der Waals surface area contributed by atoms with Gasteiger partial charge in [0.1, 0.15) is 29.4 Å². The van der Waals surface area contributed by atoms with Crippen molar-refractivity contribution in [2.24, 2.45) is 0 Å². The first kappa shape index (κ1) is 26.3. The van der Waals surface area contributed by atoms with Gasteiger partial charge in [0, 0.05) is 26.4 Å². The number of unbranched alkanes of at least 4 members (excludes halogenated alkanes) is 4. The van der Waals surface area contributed by atoms with E-state index in [2.05, 4.69) is 43.6 Å². The Morgan fingerprint density at radius 3 is 1.64 bits per heavy atom. The molecule has 0 aromatic carbocycles. The number of alkyl halides is 1. The van der Waals surface area contributed by atoms with Gasteiger partial charge in [-0.3, -0.25) is 0 Å². The van der Waals surface area contributed by atoms with E-state index in [0.717, 1.165) is 58.0 Å². The van der Waals surface area contributed by atoms with Gasteiger partial charge in [0.05, 0.1) is 6.61 Å². The van der Waals surface area contributed by atoms with Crippen molar-refractivity contribution in [2.45, 2.75) is 108 Å². The van der Waals surface area contributed by atoms with Crippen LogP contribution in [0.2, 0.25) is 0 Å². The zero-order chi connectivity index (χ0) is 20.6. The van der Waals surface area contributed by atoms with Crippen molar-refractivity contribution in [3.05, 3.63) is 0 Å². The summed E-state index contributed by atoms with van der Waals surface area (Å²) in [6.07, 6.45) is 7.92. The normalized spacial score (nSPS) is 28.0. The van der Waals surface area contributed by atoms with Gasteiger partial charge in [-0.05, 0) is 25.7 Å². The molecule has 0 saturated carbocycles. The molecule has 0 spiro atoms. The van der Waals surface area contributed by atoms with Crippen LogP contribution >= 0.6 is 15.9 Å². The standard InChI is InChI=1S/C22H43BrO5/c1-5-9-13-24-17-18-19(25-14-10-6-2)20(26-15-11-7-3)21(22(23)28-18)27-16-12-8-4/h18-22H,5-17H2,1-4H3. The monoisotopic (exact) mass is 466 g/mol. The SMILES string of the molecule is CCCCOCC1OC(Br)C(OCCCC)C(OCCCC)C1OCCCC. The van der Waals surface area contributed by atoms with Crippen LogP contribution < -0.4 is 0 Å². The maximum absolute atomic E-state index is 6.32. The maximum Gasteiger partial charge on any atom is 0.141 e. The third-order valence-electron chi connectivity index (χ3n) is 4.93. The van der Waals surface area contributed by atoms with Crippen LogP contribution in [0.5, 0.6) is 0 Å². The van der Waals surface area contributed by atoms with E-state index in [4.69, 9.17) is 23.7 Å². The lowest BCUT2D eigenvalue weighted by Gasteiger charge is -2.44. The summed E-state index contributed by atoms with van der Waals surface area (Å²) >= 11 is 3.69. The molecule has 0 aliphatic carbocycles. The lowest BCUT2D eigenvalue weighted by molar-refractivity contribution is -0.246. The molecular weight excluding hydrogens is 424 g/mol. The molecule has 168 valence electrons. The molecule has 0 N–H and O–H groups in total. The molecule has 5 atom stereocenters. The number of rotatable bonds is 17. The summed E-state index contributed by atoms with van der Waals surface area (Å²) < 4.78 is 30.9. The summed E-state index contributed by atoms with van der Waals surface area (Å²) in [6.45, 7) is 12.1. The highest BCUT2D eigenvalue weighted by molar-refractivity contribution is 9.09. The minimum atomic E-state index is -0.221. The van der Waals surface area contributed by atoms with Gasteiger partial charge in [-0.15, -0.1) is 0 Å². The summed E-state index contributed by atoms with van der Waals surface area (Å²) in [5.41, 5.74) is 0. The van der Waals surface area contributed by atoms with E-state index < -0.39 is 0 Å². The second-order valence-corrected chi connectivity index (χ2v) is 8.42. The third-order valence-corrected chi connectivity index (χ3v) is 5.66. The van der Waals surface area contributed by atoms with E-state index in [9.17, 15) is 0 Å². The number of hydrogen-bond donors (Lipinski definition) is 0. The van der Waals surface area contributed by atoms with Crippen molar-refractivity contribution < 1.29 is 23.7 Å². The zero-order valence-corrected chi connectivity index (χ0v) is 20.1. The van der Waals surface area contributed by atoms with Crippen molar-refractivity contribution >= 4 is 15.9 Å². The molecule has 5 unspecified atom stereocenters. The van der Waals surface area contributed by atoms with Crippen molar-refractivity contribution in [2.75, 3.05) is 33.0 Å². The van der Waals surface area contributed by atoms with E-state index in [1.54, 1.807) is 0 Å².